The third-order valence-corrected chi connectivity index (χ3v) is 12.2. The van der Waals surface area contributed by atoms with Crippen LogP contribution in [0.1, 0.15) is 17.0 Å². The third kappa shape index (κ3) is 4.41. The lowest BCUT2D eigenvalue weighted by Gasteiger charge is -2.30. The zero-order chi connectivity index (χ0) is 36.9. The summed E-state index contributed by atoms with van der Waals surface area (Å²) in [5.41, 5.74) is 9.07. The summed E-state index contributed by atoms with van der Waals surface area (Å²) in [6.07, 6.45) is 0. The van der Waals surface area contributed by atoms with Crippen LogP contribution in [0.2, 0.25) is 0 Å². The molecule has 1 aromatic heterocycles. The Labute approximate surface area is 323 Å². The lowest BCUT2D eigenvalue weighted by molar-refractivity contribution is 0.971. The predicted molar refractivity (Wildman–Crippen MR) is 239 cm³/mol. The Morgan fingerprint density at radius 1 is 0.411 bits per heavy atom. The van der Waals surface area contributed by atoms with E-state index in [0.717, 1.165) is 28.1 Å². The molecule has 0 N–H and O–H groups in total. The maximum atomic E-state index is 5.50. The first kappa shape index (κ1) is 31.1. The molecule has 10 aromatic carbocycles. The number of rotatable bonds is 2. The number of aliphatic imine (C=N–C) groups is 1. The van der Waals surface area contributed by atoms with Crippen molar-refractivity contribution >= 4 is 87.2 Å². The summed E-state index contributed by atoms with van der Waals surface area (Å²) in [5.74, 6) is 0.787. The summed E-state index contributed by atoms with van der Waals surface area (Å²) in [4.78, 5) is 5.50. The minimum absolute atomic E-state index is 0.0931. The van der Waals surface area contributed by atoms with Gasteiger partial charge in [0.1, 0.15) is 5.84 Å². The summed E-state index contributed by atoms with van der Waals surface area (Å²) in [5, 5.41) is 14.9. The van der Waals surface area contributed by atoms with Crippen molar-refractivity contribution in [1.29, 1.82) is 0 Å². The molecule has 1 unspecified atom stereocenters. The lowest BCUT2D eigenvalue weighted by atomic mass is 9.79. The minimum atomic E-state index is -0.0931. The number of hydrogen-bond acceptors (Lipinski definition) is 1. The van der Waals surface area contributed by atoms with Crippen molar-refractivity contribution in [3.63, 3.8) is 0 Å². The van der Waals surface area contributed by atoms with Crippen LogP contribution in [-0.4, -0.2) is 10.4 Å². The Morgan fingerprint density at radius 3 is 1.75 bits per heavy atom. The van der Waals surface area contributed by atoms with Crippen molar-refractivity contribution < 1.29 is 0 Å². The molecular formula is C54H34N2. The van der Waals surface area contributed by atoms with Gasteiger partial charge in [0.15, 0.2) is 0 Å². The van der Waals surface area contributed by atoms with Crippen molar-refractivity contribution in [2.45, 2.75) is 5.92 Å². The number of allylic oxidation sites excluding steroid dienone is 1. The van der Waals surface area contributed by atoms with Crippen LogP contribution in [0.25, 0.3) is 86.8 Å². The summed E-state index contributed by atoms with van der Waals surface area (Å²) in [7, 11) is 0. The molecule has 2 heterocycles. The van der Waals surface area contributed by atoms with Gasteiger partial charge in [0.05, 0.1) is 16.7 Å². The van der Waals surface area contributed by atoms with E-state index in [9.17, 15) is 0 Å². The first-order valence-electron chi connectivity index (χ1n) is 19.4. The Bertz CT molecular complexity index is 3510. The van der Waals surface area contributed by atoms with Gasteiger partial charge in [-0.05, 0) is 113 Å². The van der Waals surface area contributed by atoms with Gasteiger partial charge in [-0.15, -0.1) is 0 Å². The number of fused-ring (bicyclic) bond motifs is 12. The highest BCUT2D eigenvalue weighted by atomic mass is 15.1. The smallest absolute Gasteiger partial charge is 0.141 e. The fourth-order valence-corrected chi connectivity index (χ4v) is 9.69. The molecule has 11 aromatic rings. The highest BCUT2D eigenvalue weighted by Gasteiger charge is 2.32. The number of hydrogen-bond donors (Lipinski definition) is 0. The Kier molecular flexibility index (Phi) is 6.58. The second-order valence-electron chi connectivity index (χ2n) is 15.1. The molecule has 0 saturated heterocycles. The molecule has 0 amide bonds. The maximum Gasteiger partial charge on any atom is 0.141 e. The van der Waals surface area contributed by atoms with Crippen LogP contribution in [0.4, 0.5) is 5.69 Å². The Hall–Kier alpha value is -7.29. The average molecular weight is 711 g/mol. The van der Waals surface area contributed by atoms with Gasteiger partial charge in [-0.1, -0.05) is 158 Å². The van der Waals surface area contributed by atoms with Gasteiger partial charge in [0.25, 0.3) is 0 Å². The van der Waals surface area contributed by atoms with Gasteiger partial charge in [0.2, 0.25) is 0 Å². The van der Waals surface area contributed by atoms with E-state index < -0.39 is 0 Å². The van der Waals surface area contributed by atoms with Gasteiger partial charge in [-0.25, -0.2) is 4.99 Å². The fraction of sp³-hybridized carbons (Fsp3) is 0.0185. The topological polar surface area (TPSA) is 17.3 Å². The predicted octanol–water partition coefficient (Wildman–Crippen LogP) is 14.5. The Morgan fingerprint density at radius 2 is 0.982 bits per heavy atom. The number of aromatic nitrogens is 1. The largest absolute Gasteiger partial charge is 0.294 e. The molecule has 2 heteroatoms. The summed E-state index contributed by atoms with van der Waals surface area (Å²) in [6.45, 7) is 4.95. The second kappa shape index (κ2) is 11.9. The third-order valence-electron chi connectivity index (χ3n) is 12.2. The van der Waals surface area contributed by atoms with Crippen LogP contribution in [-0.2, 0) is 0 Å². The zero-order valence-corrected chi connectivity index (χ0v) is 30.6. The molecule has 0 fully saturated rings. The highest BCUT2D eigenvalue weighted by molar-refractivity contribution is 6.27. The van der Waals surface area contributed by atoms with E-state index in [2.05, 4.69) is 193 Å². The molecule has 0 aliphatic carbocycles. The molecule has 1 atom stereocenters. The molecule has 0 bridgehead atoms. The van der Waals surface area contributed by atoms with E-state index in [0.29, 0.717) is 0 Å². The van der Waals surface area contributed by atoms with Gasteiger partial charge in [-0.3, -0.25) is 4.57 Å². The van der Waals surface area contributed by atoms with Crippen molar-refractivity contribution in [1.82, 2.24) is 4.57 Å². The molecule has 56 heavy (non-hydrogen) atoms. The molecule has 0 spiro atoms. The lowest BCUT2D eigenvalue weighted by Crippen LogP contribution is -2.23. The maximum absolute atomic E-state index is 5.50. The molecule has 1 aliphatic rings. The molecule has 260 valence electrons. The molecule has 0 radical (unpaired) electrons. The average Bonchev–Trinajstić information content (AvgIpc) is 3.59. The highest BCUT2D eigenvalue weighted by Crippen LogP contribution is 2.47. The molecule has 1 aliphatic heterocycles. The quantitative estimate of drug-likeness (QED) is 0.159. The molecule has 2 nitrogen and oxygen atoms in total. The van der Waals surface area contributed by atoms with Gasteiger partial charge < -0.3 is 0 Å². The van der Waals surface area contributed by atoms with E-state index in [1.807, 2.05) is 0 Å². The van der Waals surface area contributed by atoms with Crippen molar-refractivity contribution in [3.05, 3.63) is 211 Å². The number of benzene rings is 10. The van der Waals surface area contributed by atoms with Crippen molar-refractivity contribution in [3.8, 4) is 11.1 Å². The van der Waals surface area contributed by atoms with Crippen LogP contribution in [0.5, 0.6) is 0 Å². The van der Waals surface area contributed by atoms with Crippen LogP contribution in [0.3, 0.4) is 0 Å². The van der Waals surface area contributed by atoms with Gasteiger partial charge >= 0.3 is 0 Å². The van der Waals surface area contributed by atoms with Crippen LogP contribution >= 0.6 is 0 Å². The standard InChI is InChI=1S/C54H34N2/c1-33-52(47-31-36-16-4-6-18-39(36)42-21-9-11-23-44(42)47)45-24-12-13-25-49(45)55-54(33)56-50-28-27-37(32-48(50)53-40-19-7-2-14-34(40)26-29-51(53)56)46-30-35-15-3-5-17-38(35)41-20-8-10-22-43(41)46/h2-32,52H,1H2. The fourth-order valence-electron chi connectivity index (χ4n) is 9.69. The van der Waals surface area contributed by atoms with Gasteiger partial charge in [-0.2, -0.15) is 0 Å². The van der Waals surface area contributed by atoms with E-state index in [4.69, 9.17) is 11.6 Å². The normalized spacial score (nSPS) is 14.4. The minimum Gasteiger partial charge on any atom is -0.294 e. The zero-order valence-electron chi connectivity index (χ0n) is 30.6. The van der Waals surface area contributed by atoms with E-state index in [1.54, 1.807) is 0 Å². The van der Waals surface area contributed by atoms with E-state index >= 15 is 0 Å². The number of nitrogens with zero attached hydrogens (tertiary/aromatic N) is 2. The SMILES string of the molecule is C=C1C(n2c3ccc(-c4cc5ccccc5c5ccccc45)cc3c3c4ccccc4ccc32)=Nc2ccccc2C1c1cc2ccccc2c2ccccc12. The molecule has 12 rings (SSSR count). The van der Waals surface area contributed by atoms with Crippen molar-refractivity contribution in [2.75, 3.05) is 0 Å². The van der Waals surface area contributed by atoms with Crippen LogP contribution < -0.4 is 0 Å². The number of para-hydroxylation sites is 1. The molecular weight excluding hydrogens is 677 g/mol. The van der Waals surface area contributed by atoms with Crippen molar-refractivity contribution in [2.24, 2.45) is 4.99 Å². The summed E-state index contributed by atoms with van der Waals surface area (Å²) in [6, 6.07) is 68.7. The second-order valence-corrected chi connectivity index (χ2v) is 15.1. The summed E-state index contributed by atoms with van der Waals surface area (Å²) < 4.78 is 2.38. The van der Waals surface area contributed by atoms with Crippen LogP contribution in [0, 0.1) is 0 Å². The van der Waals surface area contributed by atoms with E-state index in [1.165, 1.54) is 86.9 Å². The Balaban J connectivity index is 1.14. The van der Waals surface area contributed by atoms with E-state index in [-0.39, 0.29) is 5.92 Å². The monoisotopic (exact) mass is 710 g/mol. The van der Waals surface area contributed by atoms with Crippen LogP contribution in [0.15, 0.2) is 205 Å². The first-order valence-corrected chi connectivity index (χ1v) is 19.4. The summed E-state index contributed by atoms with van der Waals surface area (Å²) >= 11 is 0. The van der Waals surface area contributed by atoms with Gasteiger partial charge in [0, 0.05) is 22.3 Å². The first-order chi connectivity index (χ1) is 27.7. The molecule has 0 saturated carbocycles.